The second-order valence-corrected chi connectivity index (χ2v) is 5.37. The van der Waals surface area contributed by atoms with E-state index < -0.39 is 0 Å². The van der Waals surface area contributed by atoms with Gasteiger partial charge in [0.25, 0.3) is 0 Å². The molecular formula is C14H21N5O. The number of nitrogens with zero attached hydrogens (tertiary/aromatic N) is 4. The molecule has 108 valence electrons. The summed E-state index contributed by atoms with van der Waals surface area (Å²) in [5, 5.41) is 12.0. The third-order valence-corrected chi connectivity index (χ3v) is 3.21. The first-order valence-corrected chi connectivity index (χ1v) is 6.70. The maximum absolute atomic E-state index is 5.95. The summed E-state index contributed by atoms with van der Waals surface area (Å²) < 4.78 is 7.47. The molecule has 0 aliphatic rings. The van der Waals surface area contributed by atoms with E-state index in [9.17, 15) is 0 Å². The van der Waals surface area contributed by atoms with Crippen molar-refractivity contribution in [3.05, 3.63) is 23.8 Å². The zero-order valence-corrected chi connectivity index (χ0v) is 12.4. The molecule has 0 fully saturated rings. The molecule has 0 unspecified atom stereocenters. The average Bonchev–Trinajstić information content (AvgIpc) is 2.79. The van der Waals surface area contributed by atoms with Crippen LogP contribution in [0.2, 0.25) is 0 Å². The van der Waals surface area contributed by atoms with E-state index in [1.165, 1.54) is 0 Å². The number of tetrazole rings is 1. The molecule has 2 N–H and O–H groups in total. The lowest BCUT2D eigenvalue weighted by Crippen LogP contribution is -2.31. The maximum atomic E-state index is 5.95. The molecule has 1 aromatic carbocycles. The van der Waals surface area contributed by atoms with Gasteiger partial charge in [0.05, 0.1) is 12.1 Å². The first-order valence-electron chi connectivity index (χ1n) is 6.70. The average molecular weight is 275 g/mol. The minimum absolute atomic E-state index is 0.326. The van der Waals surface area contributed by atoms with Crippen LogP contribution in [0.5, 0.6) is 0 Å². The molecule has 6 nitrogen and oxygen atoms in total. The topological polar surface area (TPSA) is 78.8 Å². The van der Waals surface area contributed by atoms with Crippen molar-refractivity contribution in [2.24, 2.45) is 0 Å². The lowest BCUT2D eigenvalue weighted by Gasteiger charge is -2.24. The van der Waals surface area contributed by atoms with E-state index in [0.717, 1.165) is 16.8 Å². The number of nitrogens with two attached hydrogens (primary N) is 1. The fourth-order valence-corrected chi connectivity index (χ4v) is 2.20. The fraction of sp³-hybridized carbons (Fsp3) is 0.500. The van der Waals surface area contributed by atoms with Gasteiger partial charge in [-0.25, -0.2) is 4.68 Å². The van der Waals surface area contributed by atoms with Crippen molar-refractivity contribution in [3.63, 3.8) is 0 Å². The molecule has 6 heteroatoms. The Kier molecular flexibility index (Phi) is 4.04. The van der Waals surface area contributed by atoms with Gasteiger partial charge in [-0.05, 0) is 49.8 Å². The third-order valence-electron chi connectivity index (χ3n) is 3.21. The van der Waals surface area contributed by atoms with Gasteiger partial charge in [0, 0.05) is 17.9 Å². The number of nitrogen functional groups attached to an aromatic ring is 1. The summed E-state index contributed by atoms with van der Waals surface area (Å²) in [7, 11) is 0. The molecule has 0 saturated carbocycles. The summed E-state index contributed by atoms with van der Waals surface area (Å²) in [4.78, 5) is 0. The Morgan fingerprint density at radius 3 is 2.80 bits per heavy atom. The Morgan fingerprint density at radius 1 is 1.35 bits per heavy atom. The molecule has 0 spiro atoms. The van der Waals surface area contributed by atoms with Crippen LogP contribution in [0.4, 0.5) is 5.69 Å². The highest BCUT2D eigenvalue weighted by Gasteiger charge is 2.22. The van der Waals surface area contributed by atoms with E-state index in [1.807, 2.05) is 45.9 Å². The minimum atomic E-state index is -0.326. The van der Waals surface area contributed by atoms with Crippen molar-refractivity contribution in [2.75, 3.05) is 12.3 Å². The number of aromatic nitrogens is 4. The molecule has 2 rings (SSSR count). The zero-order chi connectivity index (χ0) is 14.8. The molecule has 0 bridgehead atoms. The normalized spacial score (nSPS) is 11.8. The maximum Gasteiger partial charge on any atom is 0.182 e. The second kappa shape index (κ2) is 5.58. The van der Waals surface area contributed by atoms with Gasteiger partial charge >= 0.3 is 0 Å². The third kappa shape index (κ3) is 2.96. The van der Waals surface area contributed by atoms with Crippen molar-refractivity contribution in [1.29, 1.82) is 0 Å². The molecule has 1 heterocycles. The summed E-state index contributed by atoms with van der Waals surface area (Å²) >= 11 is 0. The van der Waals surface area contributed by atoms with Crippen LogP contribution in [-0.2, 0) is 11.3 Å². The molecule has 0 amide bonds. The van der Waals surface area contributed by atoms with Crippen LogP contribution in [0.1, 0.15) is 26.3 Å². The predicted octanol–water partition coefficient (Wildman–Crippen LogP) is 2.05. The first-order chi connectivity index (χ1) is 9.44. The van der Waals surface area contributed by atoms with E-state index in [4.69, 9.17) is 10.5 Å². The molecule has 0 radical (unpaired) electrons. The molecule has 0 saturated heterocycles. The van der Waals surface area contributed by atoms with Crippen molar-refractivity contribution in [1.82, 2.24) is 20.2 Å². The van der Waals surface area contributed by atoms with Gasteiger partial charge in [0.2, 0.25) is 0 Å². The Hall–Kier alpha value is -1.95. The van der Waals surface area contributed by atoms with Crippen LogP contribution >= 0.6 is 0 Å². The predicted molar refractivity (Wildman–Crippen MR) is 78.1 cm³/mol. The Labute approximate surface area is 118 Å². The van der Waals surface area contributed by atoms with Crippen LogP contribution in [0, 0.1) is 6.92 Å². The highest BCUT2D eigenvalue weighted by atomic mass is 16.5. The molecule has 20 heavy (non-hydrogen) atoms. The first kappa shape index (κ1) is 14.5. The van der Waals surface area contributed by atoms with E-state index in [2.05, 4.69) is 15.5 Å². The Balaban J connectivity index is 2.36. The Morgan fingerprint density at radius 2 is 2.10 bits per heavy atom. The molecular weight excluding hydrogens is 254 g/mol. The van der Waals surface area contributed by atoms with E-state index in [0.29, 0.717) is 19.0 Å². The van der Waals surface area contributed by atoms with Crippen LogP contribution in [0.25, 0.3) is 11.4 Å². The standard InChI is InChI=1S/C14H21N5O/c1-5-20-14(3,4)9-19-13(16-17-18-19)11-7-6-8-12(15)10(11)2/h6-8H,5,9,15H2,1-4H3. The molecule has 2 aromatic rings. The van der Waals surface area contributed by atoms with Crippen molar-refractivity contribution >= 4 is 5.69 Å². The number of hydrogen-bond donors (Lipinski definition) is 1. The van der Waals surface area contributed by atoms with Crippen molar-refractivity contribution < 1.29 is 4.74 Å². The van der Waals surface area contributed by atoms with Gasteiger partial charge in [0.1, 0.15) is 0 Å². The van der Waals surface area contributed by atoms with E-state index >= 15 is 0 Å². The quantitative estimate of drug-likeness (QED) is 0.845. The summed E-state index contributed by atoms with van der Waals surface area (Å²) in [6.07, 6.45) is 0. The smallest absolute Gasteiger partial charge is 0.182 e. The highest BCUT2D eigenvalue weighted by Crippen LogP contribution is 2.25. The fourth-order valence-electron chi connectivity index (χ4n) is 2.20. The Bertz CT molecular complexity index is 591. The van der Waals surface area contributed by atoms with Gasteiger partial charge in [-0.1, -0.05) is 12.1 Å². The number of ether oxygens (including phenoxy) is 1. The van der Waals surface area contributed by atoms with E-state index in [-0.39, 0.29) is 5.60 Å². The van der Waals surface area contributed by atoms with Gasteiger partial charge in [0.15, 0.2) is 5.82 Å². The van der Waals surface area contributed by atoms with Crippen LogP contribution in [0.15, 0.2) is 18.2 Å². The van der Waals surface area contributed by atoms with Gasteiger partial charge in [-0.15, -0.1) is 5.10 Å². The zero-order valence-electron chi connectivity index (χ0n) is 12.4. The van der Waals surface area contributed by atoms with Gasteiger partial charge in [-0.3, -0.25) is 0 Å². The van der Waals surface area contributed by atoms with Gasteiger partial charge < -0.3 is 10.5 Å². The summed E-state index contributed by atoms with van der Waals surface area (Å²) in [5.74, 6) is 0.711. The number of benzene rings is 1. The molecule has 0 aliphatic heterocycles. The molecule has 0 aliphatic carbocycles. The number of anilines is 1. The minimum Gasteiger partial charge on any atom is -0.398 e. The van der Waals surface area contributed by atoms with Crippen LogP contribution in [-0.4, -0.2) is 32.4 Å². The molecule has 0 atom stereocenters. The summed E-state index contributed by atoms with van der Waals surface area (Å²) in [6, 6.07) is 5.75. The summed E-state index contributed by atoms with van der Waals surface area (Å²) in [5.41, 5.74) is 8.29. The van der Waals surface area contributed by atoms with Crippen LogP contribution < -0.4 is 5.73 Å². The van der Waals surface area contributed by atoms with Crippen LogP contribution in [0.3, 0.4) is 0 Å². The molecule has 1 aromatic heterocycles. The van der Waals surface area contributed by atoms with Gasteiger partial charge in [-0.2, -0.15) is 0 Å². The van der Waals surface area contributed by atoms with Crippen molar-refractivity contribution in [2.45, 2.75) is 39.8 Å². The van der Waals surface area contributed by atoms with E-state index in [1.54, 1.807) is 4.68 Å². The second-order valence-electron chi connectivity index (χ2n) is 5.37. The largest absolute Gasteiger partial charge is 0.398 e. The monoisotopic (exact) mass is 275 g/mol. The SMILES string of the molecule is CCOC(C)(C)Cn1nnnc1-c1cccc(N)c1C. The summed E-state index contributed by atoms with van der Waals surface area (Å²) in [6.45, 7) is 9.23. The highest BCUT2D eigenvalue weighted by molar-refractivity contribution is 5.67. The van der Waals surface area contributed by atoms with Crippen molar-refractivity contribution in [3.8, 4) is 11.4 Å². The lowest BCUT2D eigenvalue weighted by molar-refractivity contribution is -0.0246. The lowest BCUT2D eigenvalue weighted by atomic mass is 10.1. The number of hydrogen-bond acceptors (Lipinski definition) is 5. The number of rotatable bonds is 5.